The highest BCUT2D eigenvalue weighted by molar-refractivity contribution is 9.11. The Bertz CT molecular complexity index is 403. The highest BCUT2D eigenvalue weighted by atomic mass is 79.9. The van der Waals surface area contributed by atoms with Gasteiger partial charge < -0.3 is 9.47 Å². The van der Waals surface area contributed by atoms with Crippen molar-refractivity contribution in [2.24, 2.45) is 0 Å². The molecule has 0 unspecified atom stereocenters. The van der Waals surface area contributed by atoms with Gasteiger partial charge in [0.1, 0.15) is 17.0 Å². The maximum absolute atomic E-state index is 5.75. The van der Waals surface area contributed by atoms with Gasteiger partial charge in [0.05, 0.1) is 4.88 Å². The van der Waals surface area contributed by atoms with Gasteiger partial charge >= 0.3 is 0 Å². The summed E-state index contributed by atoms with van der Waals surface area (Å²) in [5.41, 5.74) is 0. The van der Waals surface area contributed by atoms with Gasteiger partial charge in [-0.25, -0.2) is 0 Å². The summed E-state index contributed by atoms with van der Waals surface area (Å²) in [4.78, 5) is 1.34. The molecule has 0 bridgehead atoms. The Balaban J connectivity index is 1.65. The Hall–Kier alpha value is -0.220. The van der Waals surface area contributed by atoms with Crippen LogP contribution in [0.2, 0.25) is 0 Å². The SMILES string of the molecule is CCCCCCCCCCc1sc(Br)c2c1OCCO2. The lowest BCUT2D eigenvalue weighted by Crippen LogP contribution is -2.15. The Morgan fingerprint density at radius 1 is 0.900 bits per heavy atom. The van der Waals surface area contributed by atoms with E-state index >= 15 is 0 Å². The molecule has 0 aromatic carbocycles. The number of unbranched alkanes of at least 4 members (excludes halogenated alkanes) is 7. The van der Waals surface area contributed by atoms with Crippen LogP contribution in [0, 0.1) is 0 Å². The van der Waals surface area contributed by atoms with Crippen molar-refractivity contribution in [1.29, 1.82) is 0 Å². The first-order valence-electron chi connectivity index (χ1n) is 7.89. The van der Waals surface area contributed by atoms with Crippen LogP contribution in [0.5, 0.6) is 11.5 Å². The molecule has 2 nitrogen and oxygen atoms in total. The quantitative estimate of drug-likeness (QED) is 0.505. The van der Waals surface area contributed by atoms with Gasteiger partial charge in [-0.1, -0.05) is 51.9 Å². The van der Waals surface area contributed by atoms with E-state index in [-0.39, 0.29) is 0 Å². The standard InChI is InChI=1S/C16H25BrO2S/c1-2-3-4-5-6-7-8-9-10-13-14-15(16(17)20-13)19-12-11-18-14/h2-12H2,1H3. The molecule has 20 heavy (non-hydrogen) atoms. The zero-order valence-electron chi connectivity index (χ0n) is 12.4. The van der Waals surface area contributed by atoms with E-state index in [2.05, 4.69) is 22.9 Å². The van der Waals surface area contributed by atoms with Crippen LogP contribution in [-0.4, -0.2) is 13.2 Å². The van der Waals surface area contributed by atoms with Crippen molar-refractivity contribution >= 4 is 27.3 Å². The van der Waals surface area contributed by atoms with E-state index in [0.29, 0.717) is 13.2 Å². The lowest BCUT2D eigenvalue weighted by molar-refractivity contribution is 0.171. The van der Waals surface area contributed by atoms with Crippen LogP contribution >= 0.6 is 27.3 Å². The van der Waals surface area contributed by atoms with E-state index in [9.17, 15) is 0 Å². The van der Waals surface area contributed by atoms with Gasteiger partial charge in [-0.15, -0.1) is 11.3 Å². The van der Waals surface area contributed by atoms with Crippen LogP contribution in [0.4, 0.5) is 0 Å². The molecule has 1 aliphatic rings. The van der Waals surface area contributed by atoms with Gasteiger partial charge in [-0.2, -0.15) is 0 Å². The molecule has 2 heterocycles. The van der Waals surface area contributed by atoms with E-state index < -0.39 is 0 Å². The third-order valence-electron chi connectivity index (χ3n) is 3.68. The van der Waals surface area contributed by atoms with Crippen LogP contribution < -0.4 is 9.47 Å². The molecule has 4 heteroatoms. The van der Waals surface area contributed by atoms with Crippen LogP contribution in [-0.2, 0) is 6.42 Å². The molecule has 1 aromatic heterocycles. The highest BCUT2D eigenvalue weighted by Crippen LogP contribution is 2.47. The Labute approximate surface area is 135 Å². The summed E-state index contributed by atoms with van der Waals surface area (Å²) in [7, 11) is 0. The summed E-state index contributed by atoms with van der Waals surface area (Å²) in [6, 6.07) is 0. The van der Waals surface area contributed by atoms with Crippen LogP contribution in [0.1, 0.15) is 63.2 Å². The molecular formula is C16H25BrO2S. The van der Waals surface area contributed by atoms with Crippen LogP contribution in [0.15, 0.2) is 3.79 Å². The van der Waals surface area contributed by atoms with Gasteiger partial charge in [0, 0.05) is 0 Å². The molecular weight excluding hydrogens is 336 g/mol. The van der Waals surface area contributed by atoms with Crippen LogP contribution in [0.3, 0.4) is 0 Å². The van der Waals surface area contributed by atoms with Gasteiger partial charge in [0.15, 0.2) is 11.5 Å². The zero-order valence-corrected chi connectivity index (χ0v) is 14.8. The molecule has 114 valence electrons. The number of halogens is 1. The van der Waals surface area contributed by atoms with Crippen molar-refractivity contribution in [3.8, 4) is 11.5 Å². The minimum absolute atomic E-state index is 0.666. The molecule has 0 spiro atoms. The predicted octanol–water partition coefficient (Wildman–Crippen LogP) is 5.97. The molecule has 0 saturated heterocycles. The number of fused-ring (bicyclic) bond motifs is 1. The molecule has 0 atom stereocenters. The lowest BCUT2D eigenvalue weighted by atomic mass is 10.1. The number of hydrogen-bond acceptors (Lipinski definition) is 3. The number of thiophene rings is 1. The maximum atomic E-state index is 5.75. The highest BCUT2D eigenvalue weighted by Gasteiger charge is 2.22. The van der Waals surface area contributed by atoms with E-state index in [1.807, 2.05) is 0 Å². The second-order valence-corrected chi connectivity index (χ2v) is 7.80. The first-order valence-corrected chi connectivity index (χ1v) is 9.50. The fourth-order valence-electron chi connectivity index (χ4n) is 2.56. The minimum Gasteiger partial charge on any atom is -0.485 e. The van der Waals surface area contributed by atoms with Crippen molar-refractivity contribution in [3.63, 3.8) is 0 Å². The summed E-state index contributed by atoms with van der Waals surface area (Å²) in [5.74, 6) is 1.92. The molecule has 0 saturated carbocycles. The predicted molar refractivity (Wildman–Crippen MR) is 89.3 cm³/mol. The first-order chi connectivity index (χ1) is 9.83. The van der Waals surface area contributed by atoms with Crippen molar-refractivity contribution in [2.75, 3.05) is 13.2 Å². The average molecular weight is 361 g/mol. The topological polar surface area (TPSA) is 18.5 Å². The minimum atomic E-state index is 0.666. The number of aryl methyl sites for hydroxylation is 1. The Morgan fingerprint density at radius 3 is 2.20 bits per heavy atom. The van der Waals surface area contributed by atoms with Crippen molar-refractivity contribution < 1.29 is 9.47 Å². The molecule has 1 aliphatic heterocycles. The molecule has 2 rings (SSSR count). The largest absolute Gasteiger partial charge is 0.485 e. The average Bonchev–Trinajstić information content (AvgIpc) is 2.79. The molecule has 0 radical (unpaired) electrons. The van der Waals surface area contributed by atoms with Gasteiger partial charge in [0.2, 0.25) is 0 Å². The van der Waals surface area contributed by atoms with Crippen LogP contribution in [0.25, 0.3) is 0 Å². The van der Waals surface area contributed by atoms with E-state index in [0.717, 1.165) is 21.7 Å². The van der Waals surface area contributed by atoms with Gasteiger partial charge in [0.25, 0.3) is 0 Å². The Kier molecular flexibility index (Phi) is 7.22. The molecule has 0 aliphatic carbocycles. The fourth-order valence-corrected chi connectivity index (χ4v) is 4.39. The second kappa shape index (κ2) is 8.93. The smallest absolute Gasteiger partial charge is 0.186 e. The van der Waals surface area contributed by atoms with E-state index in [4.69, 9.17) is 9.47 Å². The van der Waals surface area contributed by atoms with E-state index in [1.54, 1.807) is 11.3 Å². The zero-order chi connectivity index (χ0) is 14.2. The summed E-state index contributed by atoms with van der Waals surface area (Å²) < 4.78 is 12.5. The number of hydrogen-bond donors (Lipinski definition) is 0. The lowest BCUT2D eigenvalue weighted by Gasteiger charge is -2.16. The summed E-state index contributed by atoms with van der Waals surface area (Å²) in [6.45, 7) is 3.62. The normalized spacial score (nSPS) is 13.7. The number of ether oxygens (including phenoxy) is 2. The van der Waals surface area contributed by atoms with Crippen molar-refractivity contribution in [2.45, 2.75) is 64.7 Å². The summed E-state index contributed by atoms with van der Waals surface area (Å²) in [6.07, 6.45) is 12.0. The van der Waals surface area contributed by atoms with Gasteiger partial charge in [-0.05, 0) is 28.8 Å². The van der Waals surface area contributed by atoms with Gasteiger partial charge in [-0.3, -0.25) is 0 Å². The third-order valence-corrected chi connectivity index (χ3v) is 5.53. The Morgan fingerprint density at radius 2 is 1.50 bits per heavy atom. The fraction of sp³-hybridized carbons (Fsp3) is 0.750. The first kappa shape index (κ1) is 16.2. The molecule has 0 N–H and O–H groups in total. The third kappa shape index (κ3) is 4.66. The summed E-state index contributed by atoms with van der Waals surface area (Å²) >= 11 is 5.35. The van der Waals surface area contributed by atoms with Crippen molar-refractivity contribution in [1.82, 2.24) is 0 Å². The second-order valence-electron chi connectivity index (χ2n) is 5.38. The van der Waals surface area contributed by atoms with E-state index in [1.165, 1.54) is 56.2 Å². The monoisotopic (exact) mass is 360 g/mol. The van der Waals surface area contributed by atoms with Crippen molar-refractivity contribution in [3.05, 3.63) is 8.66 Å². The molecule has 1 aromatic rings. The molecule has 0 amide bonds. The summed E-state index contributed by atoms with van der Waals surface area (Å²) in [5, 5.41) is 0. The molecule has 0 fully saturated rings. The maximum Gasteiger partial charge on any atom is 0.186 e. The number of rotatable bonds is 9.